The van der Waals surface area contributed by atoms with Gasteiger partial charge in [0, 0.05) is 24.1 Å². The van der Waals surface area contributed by atoms with Gasteiger partial charge in [0.1, 0.15) is 0 Å². The zero-order valence-corrected chi connectivity index (χ0v) is 15.1. The van der Waals surface area contributed by atoms with Gasteiger partial charge in [0.25, 0.3) is 0 Å². The minimum atomic E-state index is 0.966. The Morgan fingerprint density at radius 3 is 2.67 bits per heavy atom. The van der Waals surface area contributed by atoms with E-state index in [2.05, 4.69) is 58.2 Å². The predicted molar refractivity (Wildman–Crippen MR) is 94.4 cm³/mol. The summed E-state index contributed by atoms with van der Waals surface area (Å²) in [7, 11) is 0. The molecule has 0 aliphatic heterocycles. The summed E-state index contributed by atoms with van der Waals surface area (Å²) in [5, 5.41) is 3.46. The van der Waals surface area contributed by atoms with Crippen molar-refractivity contribution in [2.45, 2.75) is 52.6 Å². The molecule has 0 bridgehead atoms. The van der Waals surface area contributed by atoms with Crippen molar-refractivity contribution in [1.82, 2.24) is 10.2 Å². The number of nitrogens with one attached hydrogen (secondary N) is 1. The molecule has 2 nitrogen and oxygen atoms in total. The van der Waals surface area contributed by atoms with Gasteiger partial charge in [-0.2, -0.15) is 0 Å². The van der Waals surface area contributed by atoms with Crippen LogP contribution in [-0.2, 0) is 13.1 Å². The Bertz CT molecular complexity index is 429. The van der Waals surface area contributed by atoms with Crippen LogP contribution < -0.4 is 5.32 Å². The molecule has 21 heavy (non-hydrogen) atoms. The summed E-state index contributed by atoms with van der Waals surface area (Å²) in [5.74, 6) is 0.966. The van der Waals surface area contributed by atoms with Crippen molar-refractivity contribution in [3.05, 3.63) is 33.8 Å². The summed E-state index contributed by atoms with van der Waals surface area (Å²) >= 11 is 3.76. The van der Waals surface area contributed by atoms with Gasteiger partial charge in [-0.05, 0) is 61.9 Å². The molecule has 0 heterocycles. The van der Waals surface area contributed by atoms with E-state index in [0.29, 0.717) is 0 Å². The molecular weight excluding hydrogens is 324 g/mol. The first-order chi connectivity index (χ1) is 10.2. The highest BCUT2D eigenvalue weighted by molar-refractivity contribution is 9.10. The van der Waals surface area contributed by atoms with E-state index in [0.717, 1.165) is 25.6 Å². The molecule has 0 saturated heterocycles. The Hall–Kier alpha value is -0.380. The molecule has 2 rings (SSSR count). The molecule has 3 heteroatoms. The lowest BCUT2D eigenvalue weighted by atomic mass is 10.1. The van der Waals surface area contributed by atoms with E-state index in [1.807, 2.05) is 0 Å². The van der Waals surface area contributed by atoms with Gasteiger partial charge in [0.05, 0.1) is 0 Å². The molecule has 1 fully saturated rings. The van der Waals surface area contributed by atoms with Crippen LogP contribution in [0.25, 0.3) is 0 Å². The van der Waals surface area contributed by atoms with E-state index in [4.69, 9.17) is 0 Å². The monoisotopic (exact) mass is 352 g/mol. The standard InChI is InChI=1S/C18H29BrN2/c1-3-9-20-12-16-7-8-17(18(19)11-16)14-21(10-4-2)13-15-5-6-15/h7-8,11,15,20H,3-6,9-10,12-14H2,1-2H3. The van der Waals surface area contributed by atoms with Crippen LogP contribution in [-0.4, -0.2) is 24.5 Å². The van der Waals surface area contributed by atoms with Crippen LogP contribution in [0, 0.1) is 5.92 Å². The number of rotatable bonds is 10. The SMILES string of the molecule is CCCNCc1ccc(CN(CCC)CC2CC2)c(Br)c1. The highest BCUT2D eigenvalue weighted by Crippen LogP contribution is 2.30. The van der Waals surface area contributed by atoms with Gasteiger partial charge in [-0.1, -0.05) is 41.9 Å². The molecule has 0 aromatic heterocycles. The third kappa shape index (κ3) is 6.09. The molecule has 0 amide bonds. The topological polar surface area (TPSA) is 15.3 Å². The second kappa shape index (κ2) is 8.92. The van der Waals surface area contributed by atoms with Gasteiger partial charge in [-0.3, -0.25) is 4.90 Å². The summed E-state index contributed by atoms with van der Waals surface area (Å²) < 4.78 is 1.26. The molecule has 1 aromatic rings. The van der Waals surface area contributed by atoms with Gasteiger partial charge >= 0.3 is 0 Å². The zero-order chi connectivity index (χ0) is 15.1. The van der Waals surface area contributed by atoms with E-state index >= 15 is 0 Å². The van der Waals surface area contributed by atoms with Crippen molar-refractivity contribution in [2.24, 2.45) is 5.92 Å². The van der Waals surface area contributed by atoms with Crippen LogP contribution in [0.3, 0.4) is 0 Å². The molecular formula is C18H29BrN2. The van der Waals surface area contributed by atoms with Gasteiger partial charge in [-0.25, -0.2) is 0 Å². The average Bonchev–Trinajstić information content (AvgIpc) is 3.26. The summed E-state index contributed by atoms with van der Waals surface area (Å²) in [6, 6.07) is 6.84. The first-order valence-corrected chi connectivity index (χ1v) is 9.22. The van der Waals surface area contributed by atoms with Crippen LogP contribution in [0.4, 0.5) is 0 Å². The van der Waals surface area contributed by atoms with E-state index in [1.165, 1.54) is 54.4 Å². The number of hydrogen-bond donors (Lipinski definition) is 1. The molecule has 1 aromatic carbocycles. The Morgan fingerprint density at radius 2 is 2.05 bits per heavy atom. The van der Waals surface area contributed by atoms with Crippen LogP contribution in [0.5, 0.6) is 0 Å². The number of halogens is 1. The second-order valence-electron chi connectivity index (χ2n) is 6.28. The molecule has 0 spiro atoms. The Kier molecular flexibility index (Phi) is 7.21. The maximum absolute atomic E-state index is 3.76. The predicted octanol–water partition coefficient (Wildman–Crippen LogP) is 4.57. The van der Waals surface area contributed by atoms with Crippen LogP contribution in [0.1, 0.15) is 50.7 Å². The third-order valence-corrected chi connectivity index (χ3v) is 4.76. The van der Waals surface area contributed by atoms with Crippen LogP contribution in [0.2, 0.25) is 0 Å². The fraction of sp³-hybridized carbons (Fsp3) is 0.667. The lowest BCUT2D eigenvalue weighted by Gasteiger charge is -2.22. The third-order valence-electron chi connectivity index (χ3n) is 4.02. The minimum Gasteiger partial charge on any atom is -0.313 e. The van der Waals surface area contributed by atoms with Gasteiger partial charge in [0.15, 0.2) is 0 Å². The maximum Gasteiger partial charge on any atom is 0.0245 e. The van der Waals surface area contributed by atoms with Gasteiger partial charge in [0.2, 0.25) is 0 Å². The molecule has 118 valence electrons. The minimum absolute atomic E-state index is 0.966. The van der Waals surface area contributed by atoms with Crippen molar-refractivity contribution in [1.29, 1.82) is 0 Å². The Balaban J connectivity index is 1.91. The van der Waals surface area contributed by atoms with Crippen molar-refractivity contribution in [2.75, 3.05) is 19.6 Å². The van der Waals surface area contributed by atoms with Gasteiger partial charge in [-0.15, -0.1) is 0 Å². The molecule has 1 N–H and O–H groups in total. The maximum atomic E-state index is 3.76. The first kappa shape index (κ1) is 17.0. The molecule has 0 atom stereocenters. The summed E-state index contributed by atoms with van der Waals surface area (Å²) in [6.45, 7) is 10.1. The number of hydrogen-bond acceptors (Lipinski definition) is 2. The van der Waals surface area contributed by atoms with Gasteiger partial charge < -0.3 is 5.32 Å². The first-order valence-electron chi connectivity index (χ1n) is 8.43. The Labute approximate surface area is 138 Å². The zero-order valence-electron chi connectivity index (χ0n) is 13.5. The number of nitrogens with zero attached hydrogens (tertiary/aromatic N) is 1. The molecule has 1 aliphatic rings. The quantitative estimate of drug-likeness (QED) is 0.620. The smallest absolute Gasteiger partial charge is 0.0245 e. The Morgan fingerprint density at radius 1 is 1.24 bits per heavy atom. The second-order valence-corrected chi connectivity index (χ2v) is 7.14. The number of benzene rings is 1. The summed E-state index contributed by atoms with van der Waals surface area (Å²) in [5.41, 5.74) is 2.78. The fourth-order valence-electron chi connectivity index (χ4n) is 2.70. The highest BCUT2D eigenvalue weighted by atomic mass is 79.9. The lowest BCUT2D eigenvalue weighted by molar-refractivity contribution is 0.254. The highest BCUT2D eigenvalue weighted by Gasteiger charge is 2.24. The largest absolute Gasteiger partial charge is 0.313 e. The van der Waals surface area contributed by atoms with E-state index in [1.54, 1.807) is 0 Å². The van der Waals surface area contributed by atoms with Crippen molar-refractivity contribution >= 4 is 15.9 Å². The summed E-state index contributed by atoms with van der Waals surface area (Å²) in [4.78, 5) is 2.62. The van der Waals surface area contributed by atoms with E-state index < -0.39 is 0 Å². The fourth-order valence-corrected chi connectivity index (χ4v) is 3.25. The van der Waals surface area contributed by atoms with Crippen molar-refractivity contribution in [3.63, 3.8) is 0 Å². The molecule has 0 radical (unpaired) electrons. The average molecular weight is 353 g/mol. The lowest BCUT2D eigenvalue weighted by Crippen LogP contribution is -2.26. The van der Waals surface area contributed by atoms with E-state index in [9.17, 15) is 0 Å². The van der Waals surface area contributed by atoms with Crippen LogP contribution in [0.15, 0.2) is 22.7 Å². The molecule has 1 aliphatic carbocycles. The molecule has 1 saturated carbocycles. The molecule has 0 unspecified atom stereocenters. The van der Waals surface area contributed by atoms with Crippen LogP contribution >= 0.6 is 15.9 Å². The normalized spacial score (nSPS) is 14.9. The van der Waals surface area contributed by atoms with E-state index in [-0.39, 0.29) is 0 Å². The van der Waals surface area contributed by atoms with Crippen molar-refractivity contribution in [3.8, 4) is 0 Å². The van der Waals surface area contributed by atoms with Crippen molar-refractivity contribution < 1.29 is 0 Å². The summed E-state index contributed by atoms with van der Waals surface area (Å²) in [6.07, 6.45) is 5.29.